The fourth-order valence-corrected chi connectivity index (χ4v) is 3.45. The molecule has 0 saturated carbocycles. The Kier molecular flexibility index (Phi) is 6.53. The molecule has 1 unspecified atom stereocenters. The molecule has 0 bridgehead atoms. The van der Waals surface area contributed by atoms with Gasteiger partial charge in [-0.2, -0.15) is 8.42 Å². The summed E-state index contributed by atoms with van der Waals surface area (Å²) in [6.45, 7) is 0. The average Bonchev–Trinajstić information content (AvgIpc) is 2.69. The second-order valence-corrected chi connectivity index (χ2v) is 7.45. The molecule has 2 aromatic carbocycles. The quantitative estimate of drug-likeness (QED) is 0.485. The minimum Gasteiger partial charge on any atom is -0.457 e. The molecule has 1 aliphatic rings. The van der Waals surface area contributed by atoms with E-state index in [1.54, 1.807) is 48.5 Å². The van der Waals surface area contributed by atoms with Gasteiger partial charge in [-0.15, -0.1) is 0 Å². The van der Waals surface area contributed by atoms with Crippen LogP contribution in [-0.4, -0.2) is 23.8 Å². The summed E-state index contributed by atoms with van der Waals surface area (Å²) in [4.78, 5) is 22.2. The van der Waals surface area contributed by atoms with Crippen LogP contribution in [0.5, 0.6) is 17.2 Å². The topological polar surface area (TPSA) is 86.7 Å². The summed E-state index contributed by atoms with van der Waals surface area (Å²) in [5, 5.41) is -1.34. The van der Waals surface area contributed by atoms with E-state index >= 15 is 0 Å². The average molecular weight is 451 g/mol. The molecule has 0 spiro atoms. The maximum absolute atomic E-state index is 11.3. The maximum atomic E-state index is 11.3. The molecular formula is C20H12Cl2O6S. The van der Waals surface area contributed by atoms with Gasteiger partial charge >= 0.3 is 0 Å². The van der Waals surface area contributed by atoms with Crippen molar-refractivity contribution in [1.29, 1.82) is 0 Å². The van der Waals surface area contributed by atoms with Crippen LogP contribution in [0.2, 0.25) is 0 Å². The summed E-state index contributed by atoms with van der Waals surface area (Å²) in [6.07, 6.45) is 4.09. The lowest BCUT2D eigenvalue weighted by Gasteiger charge is -2.14. The molecule has 0 heterocycles. The lowest BCUT2D eigenvalue weighted by atomic mass is 10.0. The van der Waals surface area contributed by atoms with Crippen LogP contribution in [0.15, 0.2) is 72.5 Å². The minimum absolute atomic E-state index is 0.165. The minimum atomic E-state index is -2.61. The Morgan fingerprint density at radius 1 is 0.828 bits per heavy atom. The second kappa shape index (κ2) is 9.09. The van der Waals surface area contributed by atoms with Gasteiger partial charge in [0, 0.05) is 11.6 Å². The zero-order valence-electron chi connectivity index (χ0n) is 14.5. The number of hydrogen-bond donors (Lipinski definition) is 0. The highest BCUT2D eigenvalue weighted by atomic mass is 35.5. The van der Waals surface area contributed by atoms with E-state index in [2.05, 4.69) is 0 Å². The molecule has 0 aromatic heterocycles. The lowest BCUT2D eigenvalue weighted by molar-refractivity contribution is -0.112. The molecule has 0 aliphatic heterocycles. The van der Waals surface area contributed by atoms with Crippen molar-refractivity contribution in [3.8, 4) is 17.2 Å². The largest absolute Gasteiger partial charge is 0.457 e. The predicted molar refractivity (Wildman–Crippen MR) is 109 cm³/mol. The maximum Gasteiger partial charge on any atom is 0.252 e. The van der Waals surface area contributed by atoms with Crippen molar-refractivity contribution in [2.45, 2.75) is 0 Å². The number of carbonyl (C=O) groups excluding carboxylic acids is 2. The first-order valence-electron chi connectivity index (χ1n) is 8.14. The van der Waals surface area contributed by atoms with Gasteiger partial charge in [0.05, 0.1) is 10.8 Å². The van der Waals surface area contributed by atoms with E-state index in [1.165, 1.54) is 18.2 Å². The molecule has 1 atom stereocenters. The Labute approximate surface area is 177 Å². The van der Waals surface area contributed by atoms with Crippen LogP contribution in [0.1, 0.15) is 10.4 Å². The molecule has 29 heavy (non-hydrogen) atoms. The number of halogens is 2. The molecule has 0 fully saturated rings. The third-order valence-electron chi connectivity index (χ3n) is 3.86. The standard InChI is InChI=1S/C20H12Cl2O6S/c21-19(23)12-1-3-13(4-2-12)27-14-5-7-15(8-6-14)28-16-9-10-17(20(22)24)18(11-16)29(25)26/h1-11,17H. The molecular weight excluding hydrogens is 439 g/mol. The summed E-state index contributed by atoms with van der Waals surface area (Å²) < 4.78 is 33.9. The highest BCUT2D eigenvalue weighted by Crippen LogP contribution is 2.26. The zero-order chi connectivity index (χ0) is 21.0. The molecule has 148 valence electrons. The van der Waals surface area contributed by atoms with E-state index < -0.39 is 26.7 Å². The van der Waals surface area contributed by atoms with E-state index in [-0.39, 0.29) is 10.6 Å². The Balaban J connectivity index is 1.70. The monoisotopic (exact) mass is 450 g/mol. The first-order valence-corrected chi connectivity index (χ1v) is 9.97. The van der Waals surface area contributed by atoms with Crippen LogP contribution in [0.3, 0.4) is 0 Å². The van der Waals surface area contributed by atoms with Crippen LogP contribution in [0.4, 0.5) is 0 Å². The Morgan fingerprint density at radius 3 is 1.83 bits per heavy atom. The van der Waals surface area contributed by atoms with Crippen molar-refractivity contribution in [2.24, 2.45) is 5.92 Å². The van der Waals surface area contributed by atoms with Gasteiger partial charge in [0.25, 0.3) is 5.24 Å². The van der Waals surface area contributed by atoms with Crippen molar-refractivity contribution in [3.63, 3.8) is 0 Å². The van der Waals surface area contributed by atoms with Gasteiger partial charge in [-0.05, 0) is 77.8 Å². The Hall–Kier alpha value is -2.87. The normalized spacial score (nSPS) is 15.4. The summed E-state index contributed by atoms with van der Waals surface area (Å²) >= 11 is 10.8. The molecule has 9 heteroatoms. The number of ether oxygens (including phenoxy) is 2. The first kappa shape index (κ1) is 20.9. The van der Waals surface area contributed by atoms with Crippen LogP contribution in [0, 0.1) is 5.92 Å². The zero-order valence-corrected chi connectivity index (χ0v) is 16.9. The first-order chi connectivity index (χ1) is 13.8. The smallest absolute Gasteiger partial charge is 0.252 e. The molecule has 1 aliphatic carbocycles. The van der Waals surface area contributed by atoms with Crippen LogP contribution in [0.25, 0.3) is 0 Å². The summed E-state index contributed by atoms with van der Waals surface area (Å²) in [5.74, 6) is 0.693. The van der Waals surface area contributed by atoms with Gasteiger partial charge in [-0.25, -0.2) is 0 Å². The number of carbonyl (C=O) groups is 2. The third-order valence-corrected chi connectivity index (χ3v) is 5.07. The number of benzene rings is 2. The molecule has 0 N–H and O–H groups in total. The molecule has 3 rings (SSSR count). The van der Waals surface area contributed by atoms with Crippen molar-refractivity contribution in [3.05, 3.63) is 78.1 Å². The van der Waals surface area contributed by atoms with Crippen molar-refractivity contribution in [1.82, 2.24) is 0 Å². The number of allylic oxidation sites excluding steroid dienone is 3. The summed E-state index contributed by atoms with van der Waals surface area (Å²) in [7, 11) is -2.61. The third kappa shape index (κ3) is 5.35. The Bertz CT molecular complexity index is 1140. The van der Waals surface area contributed by atoms with Gasteiger partial charge in [0.1, 0.15) is 23.0 Å². The van der Waals surface area contributed by atoms with Gasteiger partial charge in [0.2, 0.25) is 15.5 Å². The Morgan fingerprint density at radius 2 is 1.34 bits per heavy atom. The predicted octanol–water partition coefficient (Wildman–Crippen LogP) is 4.12. The van der Waals surface area contributed by atoms with Crippen LogP contribution < -0.4 is 9.47 Å². The van der Waals surface area contributed by atoms with Gasteiger partial charge in [-0.3, -0.25) is 9.59 Å². The van der Waals surface area contributed by atoms with Crippen molar-refractivity contribution < 1.29 is 27.5 Å². The van der Waals surface area contributed by atoms with Crippen LogP contribution in [-0.2, 0) is 15.1 Å². The fourth-order valence-electron chi connectivity index (χ4n) is 2.47. The van der Waals surface area contributed by atoms with Gasteiger partial charge in [-0.1, -0.05) is 6.08 Å². The van der Waals surface area contributed by atoms with Gasteiger partial charge < -0.3 is 9.47 Å². The second-order valence-electron chi connectivity index (χ2n) is 5.80. The molecule has 0 radical (unpaired) electrons. The van der Waals surface area contributed by atoms with E-state index in [1.807, 2.05) is 0 Å². The van der Waals surface area contributed by atoms with E-state index in [9.17, 15) is 18.0 Å². The molecule has 0 saturated heterocycles. The number of hydrogen-bond acceptors (Lipinski definition) is 6. The van der Waals surface area contributed by atoms with Crippen molar-refractivity contribution in [2.75, 3.05) is 0 Å². The highest BCUT2D eigenvalue weighted by molar-refractivity contribution is 7.73. The molecule has 2 aromatic rings. The van der Waals surface area contributed by atoms with E-state index in [0.29, 0.717) is 22.8 Å². The van der Waals surface area contributed by atoms with E-state index in [0.717, 1.165) is 0 Å². The highest BCUT2D eigenvalue weighted by Gasteiger charge is 2.24. The number of rotatable bonds is 6. The van der Waals surface area contributed by atoms with Crippen molar-refractivity contribution >= 4 is 48.8 Å². The fraction of sp³-hybridized carbons (Fsp3) is 0.0500. The summed E-state index contributed by atoms with van der Waals surface area (Å²) in [5.41, 5.74) is 0.366. The molecule has 6 nitrogen and oxygen atoms in total. The van der Waals surface area contributed by atoms with E-state index in [4.69, 9.17) is 32.7 Å². The van der Waals surface area contributed by atoms with Gasteiger partial charge in [0.15, 0.2) is 0 Å². The van der Waals surface area contributed by atoms with Crippen LogP contribution >= 0.6 is 23.2 Å². The SMILES string of the molecule is O=C(Cl)c1ccc(Oc2ccc(OC3=CC(=S(=O)=O)C(C(=O)Cl)C=C3)cc2)cc1. The lowest BCUT2D eigenvalue weighted by Crippen LogP contribution is -2.21. The summed E-state index contributed by atoms with van der Waals surface area (Å²) in [6, 6.07) is 12.9. The molecule has 0 amide bonds.